The van der Waals surface area contributed by atoms with Crippen LogP contribution >= 0.6 is 23.2 Å². The highest BCUT2D eigenvalue weighted by atomic mass is 35.5. The van der Waals surface area contributed by atoms with Gasteiger partial charge in [-0.25, -0.2) is 4.79 Å². The maximum absolute atomic E-state index is 12.5. The third-order valence-corrected chi connectivity index (χ3v) is 6.53. The molecule has 160 valence electrons. The predicted molar refractivity (Wildman–Crippen MR) is 121 cm³/mol. The number of hydrogen-bond acceptors (Lipinski definition) is 4. The minimum atomic E-state index is -0.356. The maximum Gasteiger partial charge on any atom is 0.433 e. The number of amides is 1. The van der Waals surface area contributed by atoms with Crippen LogP contribution in [0, 0.1) is 0 Å². The number of nitrogens with zero attached hydrogens (tertiary/aromatic N) is 3. The van der Waals surface area contributed by atoms with Gasteiger partial charge in [-0.05, 0) is 60.8 Å². The Bertz CT molecular complexity index is 913. The lowest BCUT2D eigenvalue weighted by Gasteiger charge is -2.33. The monoisotopic (exact) mass is 447 g/mol. The summed E-state index contributed by atoms with van der Waals surface area (Å²) in [4.78, 5) is 21.8. The van der Waals surface area contributed by atoms with Gasteiger partial charge in [0, 0.05) is 54.9 Å². The van der Waals surface area contributed by atoms with Crippen molar-refractivity contribution in [2.45, 2.75) is 31.7 Å². The summed E-state index contributed by atoms with van der Waals surface area (Å²) in [6.45, 7) is 3.30. The molecule has 2 heterocycles. The number of anilines is 1. The molecular weight excluding hydrogens is 421 g/mol. The molecule has 1 fully saturated rings. The number of piperidine rings is 1. The number of carbonyl (C=O) groups excluding carboxylic acids is 1. The van der Waals surface area contributed by atoms with Gasteiger partial charge in [-0.15, -0.1) is 5.06 Å². The number of hydroxylamine groups is 2. The summed E-state index contributed by atoms with van der Waals surface area (Å²) in [6, 6.07) is 11.9. The second-order valence-electron chi connectivity index (χ2n) is 8.20. The van der Waals surface area contributed by atoms with Crippen molar-refractivity contribution in [3.05, 3.63) is 63.1 Å². The number of benzene rings is 2. The number of hydrogen-bond donors (Lipinski definition) is 0. The van der Waals surface area contributed by atoms with Crippen LogP contribution in [-0.4, -0.2) is 49.8 Å². The second-order valence-corrected chi connectivity index (χ2v) is 9.05. The van der Waals surface area contributed by atoms with Crippen molar-refractivity contribution in [3.8, 4) is 0 Å². The van der Waals surface area contributed by atoms with Gasteiger partial charge >= 0.3 is 6.09 Å². The lowest BCUT2D eigenvalue weighted by atomic mass is 9.84. The van der Waals surface area contributed by atoms with Gasteiger partial charge in [0.05, 0.1) is 0 Å². The highest BCUT2D eigenvalue weighted by molar-refractivity contribution is 6.35. The minimum Gasteiger partial charge on any atom is -0.351 e. The van der Waals surface area contributed by atoms with Crippen LogP contribution in [0.4, 0.5) is 10.5 Å². The first-order valence-electron chi connectivity index (χ1n) is 10.4. The SMILES string of the molecule is CN1Cc2c(Cl)cc(Cl)cc2C(c2ccc(N(C)C(=O)ON3CCCCC3)cc2)C1. The Balaban J connectivity index is 1.52. The average Bonchev–Trinajstić information content (AvgIpc) is 2.74. The largest absolute Gasteiger partial charge is 0.433 e. The van der Waals surface area contributed by atoms with Crippen LogP contribution in [0.5, 0.6) is 0 Å². The Morgan fingerprint density at radius 1 is 1.10 bits per heavy atom. The zero-order valence-electron chi connectivity index (χ0n) is 17.4. The summed E-state index contributed by atoms with van der Waals surface area (Å²) >= 11 is 12.8. The first-order chi connectivity index (χ1) is 14.4. The van der Waals surface area contributed by atoms with E-state index >= 15 is 0 Å². The van der Waals surface area contributed by atoms with Crippen LogP contribution in [0.1, 0.15) is 41.9 Å². The minimum absolute atomic E-state index is 0.176. The van der Waals surface area contributed by atoms with Crippen molar-refractivity contribution < 1.29 is 9.63 Å². The lowest BCUT2D eigenvalue weighted by Crippen LogP contribution is -2.38. The molecule has 5 nitrogen and oxygen atoms in total. The molecule has 2 aromatic rings. The molecule has 1 unspecified atom stereocenters. The quantitative estimate of drug-likeness (QED) is 0.618. The Kier molecular flexibility index (Phi) is 6.54. The highest BCUT2D eigenvalue weighted by Gasteiger charge is 2.27. The normalized spacial score (nSPS) is 19.9. The molecule has 4 rings (SSSR count). The fourth-order valence-electron chi connectivity index (χ4n) is 4.29. The Labute approximate surface area is 188 Å². The van der Waals surface area contributed by atoms with Gasteiger partial charge in [-0.1, -0.05) is 41.8 Å². The summed E-state index contributed by atoms with van der Waals surface area (Å²) in [5, 5.41) is 3.13. The molecule has 0 radical (unpaired) electrons. The number of carbonyl (C=O) groups is 1. The fraction of sp³-hybridized carbons (Fsp3) is 0.435. The van der Waals surface area contributed by atoms with Crippen LogP contribution in [0.2, 0.25) is 10.0 Å². The van der Waals surface area contributed by atoms with E-state index in [9.17, 15) is 4.79 Å². The molecule has 2 aromatic carbocycles. The summed E-state index contributed by atoms with van der Waals surface area (Å²) < 4.78 is 0. The first-order valence-corrected chi connectivity index (χ1v) is 11.1. The predicted octanol–water partition coefficient (Wildman–Crippen LogP) is 5.54. The van der Waals surface area contributed by atoms with Crippen molar-refractivity contribution in [3.63, 3.8) is 0 Å². The van der Waals surface area contributed by atoms with Crippen LogP contribution in [0.25, 0.3) is 0 Å². The third-order valence-electron chi connectivity index (χ3n) is 5.97. The van der Waals surface area contributed by atoms with Crippen molar-refractivity contribution in [2.24, 2.45) is 0 Å². The van der Waals surface area contributed by atoms with Crippen molar-refractivity contribution in [1.82, 2.24) is 9.96 Å². The van der Waals surface area contributed by atoms with Crippen molar-refractivity contribution >= 4 is 35.0 Å². The van der Waals surface area contributed by atoms with E-state index in [1.54, 1.807) is 17.0 Å². The molecule has 7 heteroatoms. The summed E-state index contributed by atoms with van der Waals surface area (Å²) in [6.07, 6.45) is 2.97. The lowest BCUT2D eigenvalue weighted by molar-refractivity contribution is -0.107. The Morgan fingerprint density at radius 3 is 2.50 bits per heavy atom. The fourth-order valence-corrected chi connectivity index (χ4v) is 4.86. The summed E-state index contributed by atoms with van der Waals surface area (Å²) in [5.74, 6) is 0.176. The molecule has 30 heavy (non-hydrogen) atoms. The van der Waals surface area contributed by atoms with E-state index in [4.69, 9.17) is 28.0 Å². The zero-order chi connectivity index (χ0) is 21.3. The molecule has 0 aliphatic carbocycles. The van der Waals surface area contributed by atoms with Gasteiger partial charge in [0.2, 0.25) is 0 Å². The van der Waals surface area contributed by atoms with Gasteiger partial charge in [0.25, 0.3) is 0 Å². The molecule has 2 aliphatic heterocycles. The third kappa shape index (κ3) is 4.59. The molecule has 0 N–H and O–H groups in total. The summed E-state index contributed by atoms with van der Waals surface area (Å²) in [5.41, 5.74) is 4.28. The van der Waals surface area contributed by atoms with Gasteiger partial charge in [-0.2, -0.15) is 0 Å². The van der Waals surface area contributed by atoms with Crippen molar-refractivity contribution in [1.29, 1.82) is 0 Å². The van der Waals surface area contributed by atoms with Gasteiger partial charge in [0.1, 0.15) is 0 Å². The van der Waals surface area contributed by atoms with E-state index in [0.29, 0.717) is 10.0 Å². The summed E-state index contributed by atoms with van der Waals surface area (Å²) in [7, 11) is 3.84. The molecule has 2 aliphatic rings. The molecule has 1 atom stereocenters. The molecule has 1 saturated heterocycles. The second kappa shape index (κ2) is 9.15. The van der Waals surface area contributed by atoms with Gasteiger partial charge < -0.3 is 9.74 Å². The molecule has 0 saturated carbocycles. The number of fused-ring (bicyclic) bond motifs is 1. The van der Waals surface area contributed by atoms with E-state index in [2.05, 4.69) is 24.1 Å². The standard InChI is InChI=1S/C23H27Cl2N3O2/c1-26-14-20(19-12-17(24)13-22(25)21(19)15-26)16-6-8-18(9-7-16)27(2)23(29)30-28-10-4-3-5-11-28/h6-9,12-13,20H,3-5,10-11,14-15H2,1-2H3. The van der Waals surface area contributed by atoms with Gasteiger partial charge in [-0.3, -0.25) is 4.90 Å². The molecule has 0 spiro atoms. The molecule has 1 amide bonds. The first kappa shape index (κ1) is 21.4. The van der Waals surface area contributed by atoms with Crippen LogP contribution in [-0.2, 0) is 11.4 Å². The molecular formula is C23H27Cl2N3O2. The molecule has 0 bridgehead atoms. The van der Waals surface area contributed by atoms with E-state index in [0.717, 1.165) is 50.3 Å². The zero-order valence-corrected chi connectivity index (χ0v) is 18.9. The Hall–Kier alpha value is -1.79. The average molecular weight is 448 g/mol. The van der Waals surface area contributed by atoms with Crippen LogP contribution in [0.15, 0.2) is 36.4 Å². The number of likely N-dealkylation sites (N-methyl/N-ethyl adjacent to an activating group) is 1. The van der Waals surface area contributed by atoms with Crippen molar-refractivity contribution in [2.75, 3.05) is 38.6 Å². The number of rotatable bonds is 3. The highest BCUT2D eigenvalue weighted by Crippen LogP contribution is 2.38. The van der Waals surface area contributed by atoms with E-state index in [-0.39, 0.29) is 12.0 Å². The van der Waals surface area contributed by atoms with Crippen LogP contribution in [0.3, 0.4) is 0 Å². The van der Waals surface area contributed by atoms with Crippen LogP contribution < -0.4 is 4.90 Å². The topological polar surface area (TPSA) is 36.0 Å². The van der Waals surface area contributed by atoms with E-state index in [1.165, 1.54) is 17.5 Å². The van der Waals surface area contributed by atoms with E-state index in [1.807, 2.05) is 24.3 Å². The van der Waals surface area contributed by atoms with Gasteiger partial charge in [0.15, 0.2) is 0 Å². The Morgan fingerprint density at radius 2 is 1.80 bits per heavy atom. The number of halogens is 2. The molecule has 0 aromatic heterocycles. The van der Waals surface area contributed by atoms with E-state index < -0.39 is 0 Å². The maximum atomic E-state index is 12.5. The smallest absolute Gasteiger partial charge is 0.351 e.